The van der Waals surface area contributed by atoms with Crippen molar-refractivity contribution >= 4 is 32.2 Å². The van der Waals surface area contributed by atoms with Crippen LogP contribution in [0.25, 0.3) is 11.0 Å². The van der Waals surface area contributed by atoms with Gasteiger partial charge >= 0.3 is 5.69 Å². The third kappa shape index (κ3) is 3.33. The molecule has 146 valence electrons. The highest BCUT2D eigenvalue weighted by Gasteiger charge is 2.31. The number of fused-ring (bicyclic) bond motifs is 1. The molecule has 0 amide bonds. The van der Waals surface area contributed by atoms with Crippen LogP contribution in [-0.2, 0) is 9.84 Å². The molecule has 0 bridgehead atoms. The van der Waals surface area contributed by atoms with Crippen LogP contribution in [-0.4, -0.2) is 42.7 Å². The number of nitro groups is 1. The van der Waals surface area contributed by atoms with E-state index in [1.54, 1.807) is 12.1 Å². The number of hydrogen-bond donors (Lipinski definition) is 1. The van der Waals surface area contributed by atoms with Crippen molar-refractivity contribution in [1.29, 1.82) is 0 Å². The summed E-state index contributed by atoms with van der Waals surface area (Å²) in [6, 6.07) is 12.3. The first kappa shape index (κ1) is 18.4. The zero-order chi connectivity index (χ0) is 19.9. The summed E-state index contributed by atoms with van der Waals surface area (Å²) >= 11 is 0. The van der Waals surface area contributed by atoms with Crippen LogP contribution in [0.2, 0.25) is 0 Å². The van der Waals surface area contributed by atoms with Gasteiger partial charge in [0.15, 0.2) is 9.84 Å². The van der Waals surface area contributed by atoms with Crippen molar-refractivity contribution in [3.8, 4) is 0 Å². The number of aromatic nitrogens is 2. The Hall–Kier alpha value is -2.94. The predicted molar refractivity (Wildman–Crippen MR) is 106 cm³/mol. The second-order valence-corrected chi connectivity index (χ2v) is 9.04. The highest BCUT2D eigenvalue weighted by atomic mass is 32.2. The molecule has 0 radical (unpaired) electrons. The Labute approximate surface area is 162 Å². The Balaban J connectivity index is 1.59. The molecule has 3 aromatic rings. The molecule has 0 unspecified atom stereocenters. The van der Waals surface area contributed by atoms with E-state index in [-0.39, 0.29) is 16.5 Å². The number of H-pyrrole nitrogens is 1. The van der Waals surface area contributed by atoms with Crippen molar-refractivity contribution in [3.05, 3.63) is 58.4 Å². The molecule has 1 N–H and O–H groups in total. The van der Waals surface area contributed by atoms with Crippen LogP contribution in [0.1, 0.15) is 24.6 Å². The number of nitro benzene ring substituents is 1. The average molecular weight is 400 g/mol. The summed E-state index contributed by atoms with van der Waals surface area (Å²) in [5.41, 5.74) is 1.94. The van der Waals surface area contributed by atoms with Crippen LogP contribution in [0.5, 0.6) is 0 Å². The molecular weight excluding hydrogens is 380 g/mol. The molecule has 1 aliphatic heterocycles. The van der Waals surface area contributed by atoms with Crippen molar-refractivity contribution in [2.24, 2.45) is 0 Å². The summed E-state index contributed by atoms with van der Waals surface area (Å²) in [5, 5.41) is 11.6. The number of piperidine rings is 1. The van der Waals surface area contributed by atoms with Gasteiger partial charge in [0.25, 0.3) is 0 Å². The third-order valence-corrected chi connectivity index (χ3v) is 6.32. The van der Waals surface area contributed by atoms with E-state index < -0.39 is 14.8 Å². The van der Waals surface area contributed by atoms with Gasteiger partial charge in [-0.2, -0.15) is 0 Å². The molecule has 8 nitrogen and oxygen atoms in total. The van der Waals surface area contributed by atoms with E-state index in [9.17, 15) is 18.5 Å². The molecule has 0 atom stereocenters. The van der Waals surface area contributed by atoms with Gasteiger partial charge in [-0.05, 0) is 37.1 Å². The fraction of sp³-hybridized carbons (Fsp3) is 0.316. The van der Waals surface area contributed by atoms with Crippen LogP contribution < -0.4 is 4.90 Å². The number of aromatic amines is 1. The average Bonchev–Trinajstić information content (AvgIpc) is 3.11. The Morgan fingerprint density at radius 3 is 2.50 bits per heavy atom. The van der Waals surface area contributed by atoms with Gasteiger partial charge < -0.3 is 9.88 Å². The maximum atomic E-state index is 12.0. The molecule has 4 rings (SSSR count). The summed E-state index contributed by atoms with van der Waals surface area (Å²) in [6.45, 7) is 1.19. The van der Waals surface area contributed by atoms with Gasteiger partial charge in [-0.3, -0.25) is 10.1 Å². The summed E-state index contributed by atoms with van der Waals surface area (Å²) in [5.74, 6) is 1.17. The van der Waals surface area contributed by atoms with Gasteiger partial charge in [-0.25, -0.2) is 13.4 Å². The number of anilines is 1. The summed E-state index contributed by atoms with van der Waals surface area (Å²) in [6.07, 6.45) is 2.55. The number of benzene rings is 2. The zero-order valence-electron chi connectivity index (χ0n) is 15.3. The van der Waals surface area contributed by atoms with E-state index >= 15 is 0 Å². The lowest BCUT2D eigenvalue weighted by molar-refractivity contribution is -0.387. The Morgan fingerprint density at radius 1 is 1.14 bits per heavy atom. The first-order chi connectivity index (χ1) is 13.3. The minimum absolute atomic E-state index is 0.237. The SMILES string of the molecule is CS(=O)(=O)c1cccc(N2CCC(c3nc4ccccc4[nH]3)CC2)c1[N+](=O)[O-]. The number of nitrogens with zero attached hydrogens (tertiary/aromatic N) is 3. The molecule has 28 heavy (non-hydrogen) atoms. The first-order valence-electron chi connectivity index (χ1n) is 9.01. The monoisotopic (exact) mass is 400 g/mol. The lowest BCUT2D eigenvalue weighted by Gasteiger charge is -2.32. The maximum absolute atomic E-state index is 12.0. The molecule has 2 aromatic carbocycles. The second-order valence-electron chi connectivity index (χ2n) is 7.05. The molecule has 1 fully saturated rings. The lowest BCUT2D eigenvalue weighted by atomic mass is 9.95. The standard InChI is InChI=1S/C19H20N4O4S/c1-28(26,27)17-8-4-7-16(18(17)23(24)25)22-11-9-13(10-12-22)19-20-14-5-2-3-6-15(14)21-19/h2-8,13H,9-12H2,1H3,(H,20,21). The largest absolute Gasteiger partial charge is 0.366 e. The molecule has 0 aliphatic carbocycles. The van der Waals surface area contributed by atoms with E-state index in [1.165, 1.54) is 6.07 Å². The van der Waals surface area contributed by atoms with Gasteiger partial charge in [0.1, 0.15) is 16.4 Å². The Bertz CT molecular complexity index is 1110. The van der Waals surface area contributed by atoms with Crippen LogP contribution in [0, 0.1) is 10.1 Å². The van der Waals surface area contributed by atoms with Gasteiger partial charge in [0.2, 0.25) is 0 Å². The van der Waals surface area contributed by atoms with E-state index in [2.05, 4.69) is 9.97 Å². The Kier molecular flexibility index (Phi) is 4.54. The normalized spacial score (nSPS) is 15.8. The summed E-state index contributed by atoms with van der Waals surface area (Å²) in [7, 11) is -3.69. The van der Waals surface area contributed by atoms with E-state index in [0.29, 0.717) is 18.8 Å². The first-order valence-corrected chi connectivity index (χ1v) is 10.9. The molecule has 0 spiro atoms. The number of sulfone groups is 1. The van der Waals surface area contributed by atoms with Crippen molar-refractivity contribution in [2.75, 3.05) is 24.2 Å². The number of rotatable bonds is 4. The van der Waals surface area contributed by atoms with Gasteiger partial charge in [-0.1, -0.05) is 18.2 Å². The molecule has 2 heterocycles. The zero-order valence-corrected chi connectivity index (χ0v) is 16.1. The van der Waals surface area contributed by atoms with Crippen LogP contribution in [0.4, 0.5) is 11.4 Å². The minimum Gasteiger partial charge on any atom is -0.366 e. The molecule has 0 saturated carbocycles. The van der Waals surface area contributed by atoms with Crippen molar-refractivity contribution in [1.82, 2.24) is 9.97 Å². The Morgan fingerprint density at radius 2 is 1.86 bits per heavy atom. The van der Waals surface area contributed by atoms with Gasteiger partial charge in [0, 0.05) is 25.3 Å². The number of nitrogens with one attached hydrogen (secondary N) is 1. The van der Waals surface area contributed by atoms with Crippen LogP contribution in [0.15, 0.2) is 47.4 Å². The van der Waals surface area contributed by atoms with Crippen molar-refractivity contribution in [2.45, 2.75) is 23.7 Å². The highest BCUT2D eigenvalue weighted by Crippen LogP contribution is 2.38. The highest BCUT2D eigenvalue weighted by molar-refractivity contribution is 7.90. The second kappa shape index (κ2) is 6.90. The van der Waals surface area contributed by atoms with Crippen LogP contribution >= 0.6 is 0 Å². The van der Waals surface area contributed by atoms with Crippen molar-refractivity contribution < 1.29 is 13.3 Å². The molecule has 1 aromatic heterocycles. The minimum atomic E-state index is -3.69. The predicted octanol–water partition coefficient (Wildman–Crippen LogP) is 3.26. The lowest BCUT2D eigenvalue weighted by Crippen LogP contribution is -2.33. The van der Waals surface area contributed by atoms with Gasteiger partial charge in [0.05, 0.1) is 16.0 Å². The van der Waals surface area contributed by atoms with Crippen molar-refractivity contribution in [3.63, 3.8) is 0 Å². The molecule has 1 aliphatic rings. The smallest absolute Gasteiger partial charge is 0.311 e. The van der Waals surface area contributed by atoms with Crippen LogP contribution in [0.3, 0.4) is 0 Å². The number of imidazole rings is 1. The third-order valence-electron chi connectivity index (χ3n) is 5.19. The number of hydrogen-bond acceptors (Lipinski definition) is 6. The van der Waals surface area contributed by atoms with E-state index in [4.69, 9.17) is 0 Å². The fourth-order valence-electron chi connectivity index (χ4n) is 3.81. The van der Waals surface area contributed by atoms with E-state index in [1.807, 2.05) is 29.2 Å². The summed E-state index contributed by atoms with van der Waals surface area (Å²) in [4.78, 5) is 20.7. The molecular formula is C19H20N4O4S. The fourth-order valence-corrected chi connectivity index (χ4v) is 4.66. The molecule has 9 heteroatoms. The van der Waals surface area contributed by atoms with E-state index in [0.717, 1.165) is 36.0 Å². The topological polar surface area (TPSA) is 109 Å². The maximum Gasteiger partial charge on any atom is 0.311 e. The summed E-state index contributed by atoms with van der Waals surface area (Å²) < 4.78 is 24.0. The van der Waals surface area contributed by atoms with Gasteiger partial charge in [-0.15, -0.1) is 0 Å². The quantitative estimate of drug-likeness (QED) is 0.532. The molecule has 1 saturated heterocycles. The number of para-hydroxylation sites is 3.